The van der Waals surface area contributed by atoms with Gasteiger partial charge in [-0.1, -0.05) is 30.3 Å². The number of nitrogens with one attached hydrogen (secondary N) is 2. The van der Waals surface area contributed by atoms with E-state index in [1.54, 1.807) is 11.5 Å². The van der Waals surface area contributed by atoms with Crippen molar-refractivity contribution in [1.29, 1.82) is 0 Å². The van der Waals surface area contributed by atoms with Gasteiger partial charge in [-0.3, -0.25) is 18.8 Å². The molecule has 1 aromatic carbocycles. The Balaban J connectivity index is 1.40. The zero-order valence-corrected chi connectivity index (χ0v) is 23.1. The predicted octanol–water partition coefficient (Wildman–Crippen LogP) is 0.903. The second-order valence-corrected chi connectivity index (χ2v) is 12.4. The molecule has 18 heteroatoms. The first-order valence-electron chi connectivity index (χ1n) is 12.2. The summed E-state index contributed by atoms with van der Waals surface area (Å²) >= 11 is 0. The summed E-state index contributed by atoms with van der Waals surface area (Å²) in [5.74, 6) is 0.167. The number of urea groups is 1. The standard InChI is InChI=1S/C22H28N6O10P2/c1-3-23-22(29)27-19-16-20(25-11-24-19)28(12-26-16)21-18-17(36-15(37-18)9-13-7-5-4-6-8-13)14(35-21)10-34-40(32,33)38-39(2,30)31/h4-8,11-12,14-15,17-18,21H,3,9-10H2,1-2H3,(H,30,31)(H,32,33)(H2,23,24,25,27,29)/p-2/t14-,15?,17?,18+,21-/m1/s1. The van der Waals surface area contributed by atoms with Gasteiger partial charge in [0.2, 0.25) is 0 Å². The lowest BCUT2D eigenvalue weighted by molar-refractivity contribution is -0.234. The van der Waals surface area contributed by atoms with Gasteiger partial charge in [0.05, 0.1) is 12.9 Å². The number of rotatable bonds is 10. The number of amides is 2. The predicted molar refractivity (Wildman–Crippen MR) is 134 cm³/mol. The number of nitrogens with zero attached hydrogens (tertiary/aromatic N) is 4. The molecule has 7 atom stereocenters. The van der Waals surface area contributed by atoms with Crippen LogP contribution in [0.1, 0.15) is 18.7 Å². The van der Waals surface area contributed by atoms with Crippen molar-refractivity contribution in [3.05, 3.63) is 48.5 Å². The number of phosphoric ester groups is 1. The van der Waals surface area contributed by atoms with E-state index in [-0.39, 0.29) is 11.3 Å². The van der Waals surface area contributed by atoms with E-state index in [1.165, 1.54) is 12.7 Å². The number of ether oxygens (including phenoxy) is 3. The molecule has 216 valence electrons. The average Bonchev–Trinajstić information content (AvgIpc) is 3.56. The Morgan fingerprint density at radius 2 is 1.85 bits per heavy atom. The Hall–Kier alpha value is -2.78. The van der Waals surface area contributed by atoms with E-state index in [9.17, 15) is 23.7 Å². The second kappa shape index (κ2) is 11.6. The highest BCUT2D eigenvalue weighted by Gasteiger charge is 2.54. The second-order valence-electron chi connectivity index (χ2n) is 9.01. The minimum absolute atomic E-state index is 0.167. The Kier molecular flexibility index (Phi) is 8.34. The van der Waals surface area contributed by atoms with E-state index >= 15 is 0 Å². The Labute approximate surface area is 228 Å². The van der Waals surface area contributed by atoms with Gasteiger partial charge in [0.25, 0.3) is 7.82 Å². The molecule has 2 amide bonds. The zero-order valence-electron chi connectivity index (χ0n) is 21.3. The molecule has 4 heterocycles. The van der Waals surface area contributed by atoms with Gasteiger partial charge in [-0.05, 0) is 12.5 Å². The van der Waals surface area contributed by atoms with Gasteiger partial charge in [-0.15, -0.1) is 0 Å². The molecular weight excluding hydrogens is 570 g/mol. The van der Waals surface area contributed by atoms with Crippen molar-refractivity contribution in [3.63, 3.8) is 0 Å². The molecule has 0 saturated carbocycles. The van der Waals surface area contributed by atoms with E-state index in [4.69, 9.17) is 18.7 Å². The lowest BCUT2D eigenvalue weighted by Gasteiger charge is -2.30. The Morgan fingerprint density at radius 1 is 1.10 bits per heavy atom. The largest absolute Gasteiger partial charge is 0.778 e. The first-order valence-corrected chi connectivity index (χ1v) is 15.7. The maximum Gasteiger partial charge on any atom is 0.320 e. The van der Waals surface area contributed by atoms with Crippen molar-refractivity contribution in [1.82, 2.24) is 24.8 Å². The zero-order chi connectivity index (χ0) is 28.5. The van der Waals surface area contributed by atoms with Crippen molar-refractivity contribution < 1.29 is 46.8 Å². The van der Waals surface area contributed by atoms with E-state index in [2.05, 4.69) is 29.9 Å². The molecule has 2 aromatic heterocycles. The fraction of sp³-hybridized carbons (Fsp3) is 0.455. The molecule has 2 fully saturated rings. The summed E-state index contributed by atoms with van der Waals surface area (Å²) in [4.78, 5) is 48.2. The van der Waals surface area contributed by atoms with Crippen molar-refractivity contribution >= 4 is 38.4 Å². The number of carbonyl (C=O) groups is 1. The van der Waals surface area contributed by atoms with Gasteiger partial charge in [-0.2, -0.15) is 0 Å². The number of aromatic nitrogens is 4. The van der Waals surface area contributed by atoms with Gasteiger partial charge in [0.15, 0.2) is 29.5 Å². The summed E-state index contributed by atoms with van der Waals surface area (Å²) in [6, 6.07) is 9.00. The van der Waals surface area contributed by atoms with E-state index in [1.807, 2.05) is 30.3 Å². The maximum absolute atomic E-state index is 12.1. The first-order chi connectivity index (χ1) is 19.0. The lowest BCUT2D eigenvalue weighted by atomic mass is 10.1. The number of benzene rings is 1. The number of hydrogen-bond donors (Lipinski definition) is 2. The van der Waals surface area contributed by atoms with Crippen LogP contribution in [-0.4, -0.2) is 70.0 Å². The van der Waals surface area contributed by atoms with Crippen molar-refractivity contribution in [2.45, 2.75) is 44.2 Å². The smallest absolute Gasteiger partial charge is 0.320 e. The normalized spacial score (nSPS) is 27.1. The summed E-state index contributed by atoms with van der Waals surface area (Å²) in [6.45, 7) is 2.18. The van der Waals surface area contributed by atoms with Crippen LogP contribution in [0.4, 0.5) is 10.6 Å². The van der Waals surface area contributed by atoms with Gasteiger partial charge in [0.1, 0.15) is 32.2 Å². The van der Waals surface area contributed by atoms with Crippen LogP contribution in [0.3, 0.4) is 0 Å². The van der Waals surface area contributed by atoms with E-state index in [0.29, 0.717) is 25.3 Å². The van der Waals surface area contributed by atoms with Gasteiger partial charge >= 0.3 is 6.03 Å². The van der Waals surface area contributed by atoms with Gasteiger partial charge in [-0.25, -0.2) is 19.7 Å². The van der Waals surface area contributed by atoms with Crippen LogP contribution >= 0.6 is 15.4 Å². The molecule has 0 bridgehead atoms. The lowest BCUT2D eigenvalue weighted by Crippen LogP contribution is -2.32. The quantitative estimate of drug-likeness (QED) is 0.312. The maximum atomic E-state index is 12.1. The molecule has 2 aliphatic heterocycles. The number of imidazole rings is 1. The minimum atomic E-state index is -5.21. The minimum Gasteiger partial charge on any atom is -0.778 e. The molecule has 40 heavy (non-hydrogen) atoms. The highest BCUT2D eigenvalue weighted by Crippen LogP contribution is 2.53. The summed E-state index contributed by atoms with van der Waals surface area (Å²) in [6.07, 6.45) is -1.08. The summed E-state index contributed by atoms with van der Waals surface area (Å²) in [5, 5.41) is 5.22. The molecule has 5 rings (SSSR count). The molecule has 16 nitrogen and oxygen atoms in total. The van der Waals surface area contributed by atoms with E-state index < -0.39 is 58.9 Å². The summed E-state index contributed by atoms with van der Waals surface area (Å²) < 4.78 is 52.3. The monoisotopic (exact) mass is 596 g/mol. The molecule has 2 saturated heterocycles. The Bertz CT molecular complexity index is 1450. The van der Waals surface area contributed by atoms with Gasteiger partial charge < -0.3 is 38.4 Å². The van der Waals surface area contributed by atoms with E-state index in [0.717, 1.165) is 5.56 Å². The Morgan fingerprint density at radius 3 is 2.58 bits per heavy atom. The highest BCUT2D eigenvalue weighted by atomic mass is 31.3. The molecule has 0 spiro atoms. The van der Waals surface area contributed by atoms with Crippen LogP contribution in [0, 0.1) is 0 Å². The van der Waals surface area contributed by atoms with Crippen LogP contribution in [0.5, 0.6) is 0 Å². The molecule has 2 N–H and O–H groups in total. The third kappa shape index (κ3) is 6.57. The first kappa shape index (κ1) is 28.7. The summed E-state index contributed by atoms with van der Waals surface area (Å²) in [7, 11) is -9.83. The number of carbonyl (C=O) groups excluding carboxylic acids is 1. The van der Waals surface area contributed by atoms with Crippen LogP contribution < -0.4 is 20.4 Å². The molecular formula is C22H26N6O10P2-2. The number of anilines is 1. The number of hydrogen-bond acceptors (Lipinski definition) is 13. The van der Waals surface area contributed by atoms with Crippen LogP contribution in [0.15, 0.2) is 43.0 Å². The third-order valence-corrected chi connectivity index (χ3v) is 8.45. The van der Waals surface area contributed by atoms with Crippen molar-refractivity contribution in [2.24, 2.45) is 0 Å². The summed E-state index contributed by atoms with van der Waals surface area (Å²) in [5.41, 5.74) is 1.53. The van der Waals surface area contributed by atoms with Gasteiger partial charge in [0, 0.05) is 19.6 Å². The fourth-order valence-corrected chi connectivity index (χ4v) is 6.44. The van der Waals surface area contributed by atoms with Crippen molar-refractivity contribution in [2.75, 3.05) is 25.1 Å². The highest BCUT2D eigenvalue weighted by molar-refractivity contribution is 7.62. The van der Waals surface area contributed by atoms with Crippen molar-refractivity contribution in [3.8, 4) is 0 Å². The van der Waals surface area contributed by atoms with Crippen LogP contribution in [0.25, 0.3) is 11.2 Å². The molecule has 0 aliphatic carbocycles. The molecule has 4 unspecified atom stereocenters. The fourth-order valence-electron chi connectivity index (χ4n) is 4.47. The van der Waals surface area contributed by atoms with Crippen LogP contribution in [0.2, 0.25) is 0 Å². The number of phosphoric acid groups is 1. The third-order valence-electron chi connectivity index (χ3n) is 6.00. The molecule has 0 radical (unpaired) electrons. The van der Waals surface area contributed by atoms with Crippen LogP contribution in [-0.2, 0) is 38.6 Å². The molecule has 3 aromatic rings. The SMILES string of the molecule is CCNC(=O)Nc1ncnc2c1ncn2[C@@H]1O[C@H](COP(=O)([O-])OP(C)(=O)[O-])C2OC(Cc3ccccc3)O[C@@H]21. The topological polar surface area (TPSA) is 211 Å². The average molecular weight is 596 g/mol. The molecule has 2 aliphatic rings. The number of fused-ring (bicyclic) bond motifs is 2.